The van der Waals surface area contributed by atoms with E-state index in [-0.39, 0.29) is 0 Å². The Bertz CT molecular complexity index is 683. The van der Waals surface area contributed by atoms with Gasteiger partial charge in [-0.15, -0.1) is 0 Å². The van der Waals surface area contributed by atoms with Crippen LogP contribution in [0.1, 0.15) is 32.2 Å². The summed E-state index contributed by atoms with van der Waals surface area (Å²) in [5.74, 6) is 0. The first-order valence-electron chi connectivity index (χ1n) is 8.00. The maximum atomic E-state index is 12.7. The van der Waals surface area contributed by atoms with Gasteiger partial charge in [-0.25, -0.2) is 9.67 Å². The van der Waals surface area contributed by atoms with Crippen molar-refractivity contribution in [3.63, 3.8) is 0 Å². The van der Waals surface area contributed by atoms with Gasteiger partial charge < -0.3 is 10.6 Å². The minimum atomic E-state index is -2.66. The lowest BCUT2D eigenvalue weighted by Crippen LogP contribution is -2.35. The minimum absolute atomic E-state index is 0.323. The van der Waals surface area contributed by atoms with Crippen LogP contribution in [0.2, 0.25) is 5.15 Å². The molecule has 0 saturated heterocycles. The first-order valence-corrected chi connectivity index (χ1v) is 8.37. The van der Waals surface area contributed by atoms with Crippen molar-refractivity contribution in [3.8, 4) is 11.3 Å². The standard InChI is InChI=1S/C16H20ClF2N5/c1-20-10-2-4-11(5-3-10)22-14-8-15(17)21-9-12(14)13-6-7-24(23-13)16(18)19/h6-11,16,20H,2-5H2,1H3,(H,21,22). The summed E-state index contributed by atoms with van der Waals surface area (Å²) in [4.78, 5) is 4.07. The average molecular weight is 356 g/mol. The van der Waals surface area contributed by atoms with E-state index >= 15 is 0 Å². The third kappa shape index (κ3) is 3.84. The van der Waals surface area contributed by atoms with Gasteiger partial charge in [0.1, 0.15) is 5.15 Å². The molecule has 130 valence electrons. The summed E-state index contributed by atoms with van der Waals surface area (Å²) in [6.07, 6.45) is 7.11. The summed E-state index contributed by atoms with van der Waals surface area (Å²) in [5.41, 5.74) is 1.91. The SMILES string of the molecule is CNC1CCC(Nc2cc(Cl)ncc2-c2ccn(C(F)F)n2)CC1. The monoisotopic (exact) mass is 355 g/mol. The van der Waals surface area contributed by atoms with Crippen molar-refractivity contribution in [2.24, 2.45) is 0 Å². The number of hydrogen-bond acceptors (Lipinski definition) is 4. The number of hydrogen-bond donors (Lipinski definition) is 2. The van der Waals surface area contributed by atoms with Gasteiger partial charge in [0.2, 0.25) is 0 Å². The van der Waals surface area contributed by atoms with E-state index in [9.17, 15) is 8.78 Å². The van der Waals surface area contributed by atoms with E-state index in [0.717, 1.165) is 31.4 Å². The maximum Gasteiger partial charge on any atom is 0.333 e. The van der Waals surface area contributed by atoms with E-state index in [1.54, 1.807) is 18.3 Å². The zero-order valence-corrected chi connectivity index (χ0v) is 14.1. The first-order chi connectivity index (χ1) is 11.6. The Labute approximate surface area is 144 Å². The zero-order valence-electron chi connectivity index (χ0n) is 13.3. The lowest BCUT2D eigenvalue weighted by Gasteiger charge is -2.30. The fourth-order valence-corrected chi connectivity index (χ4v) is 3.25. The highest BCUT2D eigenvalue weighted by atomic mass is 35.5. The predicted molar refractivity (Wildman–Crippen MR) is 90.4 cm³/mol. The summed E-state index contributed by atoms with van der Waals surface area (Å²) in [7, 11) is 1.98. The molecule has 8 heteroatoms. The molecule has 1 fully saturated rings. The van der Waals surface area contributed by atoms with Crippen molar-refractivity contribution in [2.45, 2.75) is 44.3 Å². The van der Waals surface area contributed by atoms with Gasteiger partial charge in [-0.1, -0.05) is 11.6 Å². The molecule has 0 spiro atoms. The normalized spacial score (nSPS) is 21.2. The van der Waals surface area contributed by atoms with Gasteiger partial charge in [0.25, 0.3) is 0 Å². The Kier molecular flexibility index (Phi) is 5.30. The van der Waals surface area contributed by atoms with E-state index in [0.29, 0.717) is 33.2 Å². The summed E-state index contributed by atoms with van der Waals surface area (Å²) < 4.78 is 26.1. The van der Waals surface area contributed by atoms with Crippen molar-refractivity contribution in [3.05, 3.63) is 29.7 Å². The molecule has 0 radical (unpaired) electrons. The molecule has 2 heterocycles. The lowest BCUT2D eigenvalue weighted by molar-refractivity contribution is 0.0568. The number of pyridine rings is 1. The van der Waals surface area contributed by atoms with Crippen molar-refractivity contribution in [2.75, 3.05) is 12.4 Å². The molecule has 1 aliphatic carbocycles. The van der Waals surface area contributed by atoms with Gasteiger partial charge in [-0.3, -0.25) is 0 Å². The van der Waals surface area contributed by atoms with E-state index < -0.39 is 6.55 Å². The summed E-state index contributed by atoms with van der Waals surface area (Å²) in [6, 6.07) is 4.16. The van der Waals surface area contributed by atoms with Gasteiger partial charge in [-0.2, -0.15) is 13.9 Å². The number of anilines is 1. The molecule has 2 N–H and O–H groups in total. The maximum absolute atomic E-state index is 12.7. The molecule has 0 unspecified atom stereocenters. The molecule has 3 rings (SSSR count). The van der Waals surface area contributed by atoms with Crippen LogP contribution >= 0.6 is 11.6 Å². The number of rotatable bonds is 5. The lowest BCUT2D eigenvalue weighted by atomic mass is 9.91. The van der Waals surface area contributed by atoms with E-state index in [1.165, 1.54) is 6.20 Å². The largest absolute Gasteiger partial charge is 0.382 e. The van der Waals surface area contributed by atoms with Gasteiger partial charge in [0, 0.05) is 35.7 Å². The van der Waals surface area contributed by atoms with Crippen LogP contribution < -0.4 is 10.6 Å². The predicted octanol–water partition coefficient (Wildman–Crippen LogP) is 3.94. The Balaban J connectivity index is 1.80. The third-order valence-corrected chi connectivity index (χ3v) is 4.66. The summed E-state index contributed by atoms with van der Waals surface area (Å²) >= 11 is 6.02. The van der Waals surface area contributed by atoms with Crippen molar-refractivity contribution >= 4 is 17.3 Å². The fraction of sp³-hybridized carbons (Fsp3) is 0.500. The second-order valence-corrected chi connectivity index (χ2v) is 6.38. The molecular formula is C16H20ClF2N5. The Morgan fingerprint density at radius 2 is 1.96 bits per heavy atom. The van der Waals surface area contributed by atoms with Gasteiger partial charge in [0.05, 0.1) is 5.69 Å². The van der Waals surface area contributed by atoms with E-state index in [4.69, 9.17) is 11.6 Å². The van der Waals surface area contributed by atoms with Crippen LogP contribution in [0.5, 0.6) is 0 Å². The van der Waals surface area contributed by atoms with Crippen LogP contribution in [0.4, 0.5) is 14.5 Å². The van der Waals surface area contributed by atoms with Crippen LogP contribution in [-0.2, 0) is 0 Å². The van der Waals surface area contributed by atoms with Gasteiger partial charge in [-0.05, 0) is 44.9 Å². The molecule has 0 amide bonds. The third-order valence-electron chi connectivity index (χ3n) is 4.45. The molecule has 1 aliphatic rings. The fourth-order valence-electron chi connectivity index (χ4n) is 3.09. The number of halogens is 3. The molecule has 0 atom stereocenters. The van der Waals surface area contributed by atoms with Crippen molar-refractivity contribution < 1.29 is 8.78 Å². The zero-order chi connectivity index (χ0) is 17.1. The molecule has 2 aromatic heterocycles. The van der Waals surface area contributed by atoms with Crippen LogP contribution in [0.15, 0.2) is 24.5 Å². The van der Waals surface area contributed by atoms with Crippen LogP contribution in [0, 0.1) is 0 Å². The van der Waals surface area contributed by atoms with E-state index in [1.807, 2.05) is 7.05 Å². The van der Waals surface area contributed by atoms with Crippen LogP contribution in [0.3, 0.4) is 0 Å². The van der Waals surface area contributed by atoms with Gasteiger partial charge >= 0.3 is 6.55 Å². The molecule has 2 aromatic rings. The average Bonchev–Trinajstić information content (AvgIpc) is 3.06. The Morgan fingerprint density at radius 3 is 2.58 bits per heavy atom. The second kappa shape index (κ2) is 7.44. The Hall–Kier alpha value is -1.73. The van der Waals surface area contributed by atoms with Crippen molar-refractivity contribution in [1.29, 1.82) is 0 Å². The number of nitrogens with zero attached hydrogens (tertiary/aromatic N) is 3. The molecule has 1 saturated carbocycles. The highest BCUT2D eigenvalue weighted by Crippen LogP contribution is 2.31. The molecule has 0 bridgehead atoms. The highest BCUT2D eigenvalue weighted by Gasteiger charge is 2.21. The summed E-state index contributed by atoms with van der Waals surface area (Å²) in [6.45, 7) is -2.66. The number of alkyl halides is 2. The molecule has 5 nitrogen and oxygen atoms in total. The van der Waals surface area contributed by atoms with Gasteiger partial charge in [0.15, 0.2) is 0 Å². The van der Waals surface area contributed by atoms with E-state index in [2.05, 4.69) is 20.7 Å². The molecular weight excluding hydrogens is 336 g/mol. The number of nitrogens with one attached hydrogen (secondary N) is 2. The number of aromatic nitrogens is 3. The Morgan fingerprint density at radius 1 is 1.25 bits per heavy atom. The quantitative estimate of drug-likeness (QED) is 0.798. The molecule has 24 heavy (non-hydrogen) atoms. The minimum Gasteiger partial charge on any atom is -0.382 e. The van der Waals surface area contributed by atoms with Crippen molar-refractivity contribution in [1.82, 2.24) is 20.1 Å². The molecule has 0 aliphatic heterocycles. The van der Waals surface area contributed by atoms with Crippen LogP contribution in [0.25, 0.3) is 11.3 Å². The first kappa shape index (κ1) is 17.1. The topological polar surface area (TPSA) is 54.8 Å². The second-order valence-electron chi connectivity index (χ2n) is 5.99. The summed E-state index contributed by atoms with van der Waals surface area (Å²) in [5, 5.41) is 11.1. The molecule has 0 aromatic carbocycles. The highest BCUT2D eigenvalue weighted by molar-refractivity contribution is 6.29. The smallest absolute Gasteiger partial charge is 0.333 e. The van der Waals surface area contributed by atoms with Crippen LogP contribution in [-0.4, -0.2) is 33.9 Å².